The van der Waals surface area contributed by atoms with Gasteiger partial charge in [0, 0.05) is 25.7 Å². The van der Waals surface area contributed by atoms with Crippen LogP contribution < -0.4 is 10.6 Å². The summed E-state index contributed by atoms with van der Waals surface area (Å²) in [6, 6.07) is 6.20. The van der Waals surface area contributed by atoms with Crippen LogP contribution in [0.25, 0.3) is 22.3 Å². The highest BCUT2D eigenvalue weighted by Gasteiger charge is 2.29. The molecule has 29 heavy (non-hydrogen) atoms. The van der Waals surface area contributed by atoms with E-state index in [0.717, 1.165) is 12.8 Å². The molecule has 0 spiro atoms. The normalized spacial score (nSPS) is 16.9. The standard InChI is InChI=1S/C20H23FN6O2/c1-3-29-19(28)13-7-5-9-27(11-13)20-23-16(12-6-4-8-14(21)10-12)15-17(22)26(2)25-18(15)24-20/h4,6,8,10,13H,3,5,7,9,11,22H2,1-2H3. The van der Waals surface area contributed by atoms with Gasteiger partial charge in [0.1, 0.15) is 11.6 Å². The lowest BCUT2D eigenvalue weighted by molar-refractivity contribution is -0.148. The molecular formula is C20H23FN6O2. The fourth-order valence-electron chi connectivity index (χ4n) is 3.70. The molecule has 0 aliphatic carbocycles. The maximum atomic E-state index is 13.9. The van der Waals surface area contributed by atoms with Crippen LogP contribution in [-0.4, -0.2) is 45.4 Å². The quantitative estimate of drug-likeness (QED) is 0.674. The molecular weight excluding hydrogens is 375 g/mol. The van der Waals surface area contributed by atoms with Crippen molar-refractivity contribution in [2.24, 2.45) is 13.0 Å². The maximum Gasteiger partial charge on any atom is 0.310 e. The van der Waals surface area contributed by atoms with Gasteiger partial charge in [-0.15, -0.1) is 0 Å². The second kappa shape index (κ2) is 7.65. The van der Waals surface area contributed by atoms with E-state index in [4.69, 9.17) is 15.5 Å². The average Bonchev–Trinajstić information content (AvgIpc) is 3.01. The summed E-state index contributed by atoms with van der Waals surface area (Å²) in [7, 11) is 1.73. The number of nitrogens with two attached hydrogens (primary N) is 1. The molecule has 1 fully saturated rings. The van der Waals surface area contributed by atoms with Gasteiger partial charge in [0.05, 0.1) is 23.6 Å². The molecule has 2 aromatic heterocycles. The first-order valence-corrected chi connectivity index (χ1v) is 9.65. The van der Waals surface area contributed by atoms with E-state index in [2.05, 4.69) is 10.1 Å². The molecule has 0 amide bonds. The molecule has 9 heteroatoms. The molecule has 0 bridgehead atoms. The molecule has 8 nitrogen and oxygen atoms in total. The van der Waals surface area contributed by atoms with Crippen molar-refractivity contribution in [1.29, 1.82) is 0 Å². The summed E-state index contributed by atoms with van der Waals surface area (Å²) in [5, 5.41) is 4.97. The zero-order valence-corrected chi connectivity index (χ0v) is 16.4. The molecule has 0 saturated carbocycles. The Bertz CT molecular complexity index is 1070. The lowest BCUT2D eigenvalue weighted by atomic mass is 9.98. The zero-order valence-electron chi connectivity index (χ0n) is 16.4. The summed E-state index contributed by atoms with van der Waals surface area (Å²) in [6.07, 6.45) is 1.59. The molecule has 1 aromatic carbocycles. The molecule has 1 aliphatic heterocycles. The van der Waals surface area contributed by atoms with E-state index in [1.807, 2.05) is 4.90 Å². The number of hydrogen-bond acceptors (Lipinski definition) is 7. The number of esters is 1. The van der Waals surface area contributed by atoms with Crippen molar-refractivity contribution in [2.75, 3.05) is 30.3 Å². The molecule has 1 atom stereocenters. The van der Waals surface area contributed by atoms with E-state index >= 15 is 0 Å². The van der Waals surface area contributed by atoms with Crippen LogP contribution in [0, 0.1) is 11.7 Å². The van der Waals surface area contributed by atoms with Gasteiger partial charge in [-0.25, -0.2) is 9.37 Å². The molecule has 1 unspecified atom stereocenters. The number of nitrogens with zero attached hydrogens (tertiary/aromatic N) is 5. The highest BCUT2D eigenvalue weighted by atomic mass is 19.1. The van der Waals surface area contributed by atoms with Crippen molar-refractivity contribution in [3.63, 3.8) is 0 Å². The Morgan fingerprint density at radius 3 is 2.97 bits per heavy atom. The number of ether oxygens (including phenoxy) is 1. The summed E-state index contributed by atoms with van der Waals surface area (Å²) in [4.78, 5) is 23.5. The summed E-state index contributed by atoms with van der Waals surface area (Å²) < 4.78 is 20.6. The van der Waals surface area contributed by atoms with Crippen molar-refractivity contribution in [1.82, 2.24) is 19.7 Å². The zero-order chi connectivity index (χ0) is 20.5. The van der Waals surface area contributed by atoms with Crippen LogP contribution in [0.2, 0.25) is 0 Å². The number of carbonyl (C=O) groups excluding carboxylic acids is 1. The minimum absolute atomic E-state index is 0.203. The van der Waals surface area contributed by atoms with Gasteiger partial charge in [0.15, 0.2) is 5.65 Å². The molecule has 152 valence electrons. The second-order valence-electron chi connectivity index (χ2n) is 7.13. The monoisotopic (exact) mass is 398 g/mol. The van der Waals surface area contributed by atoms with Gasteiger partial charge in [-0.2, -0.15) is 10.1 Å². The van der Waals surface area contributed by atoms with Crippen LogP contribution in [0.4, 0.5) is 16.2 Å². The van der Waals surface area contributed by atoms with Crippen LogP contribution >= 0.6 is 0 Å². The number of aryl methyl sites for hydroxylation is 1. The van der Waals surface area contributed by atoms with Crippen LogP contribution in [-0.2, 0) is 16.6 Å². The van der Waals surface area contributed by atoms with Gasteiger partial charge in [-0.3, -0.25) is 9.48 Å². The SMILES string of the molecule is CCOC(=O)C1CCCN(c2nc(-c3cccc(F)c3)c3c(N)n(C)nc3n2)C1. The van der Waals surface area contributed by atoms with E-state index in [-0.39, 0.29) is 17.7 Å². The number of rotatable bonds is 4. The third kappa shape index (κ3) is 3.59. The Kier molecular flexibility index (Phi) is 5.04. The summed E-state index contributed by atoms with van der Waals surface area (Å²) in [5.74, 6) is 0.0662. The summed E-state index contributed by atoms with van der Waals surface area (Å²) >= 11 is 0. The summed E-state index contributed by atoms with van der Waals surface area (Å²) in [5.41, 5.74) is 7.74. The smallest absolute Gasteiger partial charge is 0.310 e. The van der Waals surface area contributed by atoms with E-state index in [1.54, 1.807) is 26.1 Å². The number of benzene rings is 1. The fourth-order valence-corrected chi connectivity index (χ4v) is 3.70. The van der Waals surface area contributed by atoms with Crippen molar-refractivity contribution >= 4 is 28.8 Å². The van der Waals surface area contributed by atoms with Gasteiger partial charge in [0.25, 0.3) is 0 Å². The lowest BCUT2D eigenvalue weighted by Gasteiger charge is -2.31. The fraction of sp³-hybridized carbons (Fsp3) is 0.400. The van der Waals surface area contributed by atoms with E-state index in [9.17, 15) is 9.18 Å². The lowest BCUT2D eigenvalue weighted by Crippen LogP contribution is -2.40. The molecule has 2 N–H and O–H groups in total. The number of aromatic nitrogens is 4. The number of nitrogen functional groups attached to an aromatic ring is 1. The van der Waals surface area contributed by atoms with Gasteiger partial charge in [-0.1, -0.05) is 12.1 Å². The van der Waals surface area contributed by atoms with Gasteiger partial charge >= 0.3 is 5.97 Å². The Labute approximate surface area is 167 Å². The van der Waals surface area contributed by atoms with Crippen LogP contribution in [0.5, 0.6) is 0 Å². The largest absolute Gasteiger partial charge is 0.466 e. The highest BCUT2D eigenvalue weighted by molar-refractivity contribution is 5.98. The van der Waals surface area contributed by atoms with Crippen LogP contribution in [0.15, 0.2) is 24.3 Å². The van der Waals surface area contributed by atoms with Crippen molar-refractivity contribution in [3.8, 4) is 11.3 Å². The molecule has 3 heterocycles. The average molecular weight is 398 g/mol. The van der Waals surface area contributed by atoms with Crippen LogP contribution in [0.3, 0.4) is 0 Å². The van der Waals surface area contributed by atoms with Crippen molar-refractivity contribution < 1.29 is 13.9 Å². The van der Waals surface area contributed by atoms with Gasteiger partial charge in [0.2, 0.25) is 5.95 Å². The predicted molar refractivity (Wildman–Crippen MR) is 108 cm³/mol. The second-order valence-corrected chi connectivity index (χ2v) is 7.13. The van der Waals surface area contributed by atoms with E-state index < -0.39 is 0 Å². The van der Waals surface area contributed by atoms with E-state index in [1.165, 1.54) is 16.8 Å². The van der Waals surface area contributed by atoms with Gasteiger partial charge < -0.3 is 15.4 Å². The topological polar surface area (TPSA) is 99.2 Å². The van der Waals surface area contributed by atoms with Gasteiger partial charge in [-0.05, 0) is 31.9 Å². The molecule has 0 radical (unpaired) electrons. The first kappa shape index (κ1) is 19.1. The Morgan fingerprint density at radius 2 is 2.21 bits per heavy atom. The summed E-state index contributed by atoms with van der Waals surface area (Å²) in [6.45, 7) is 3.34. The maximum absolute atomic E-state index is 13.9. The highest BCUT2D eigenvalue weighted by Crippen LogP contribution is 2.33. The minimum atomic E-state index is -0.362. The minimum Gasteiger partial charge on any atom is -0.466 e. The molecule has 4 rings (SSSR count). The number of fused-ring (bicyclic) bond motifs is 1. The molecule has 3 aromatic rings. The van der Waals surface area contributed by atoms with E-state index in [0.29, 0.717) is 53.8 Å². The van der Waals surface area contributed by atoms with Crippen LogP contribution in [0.1, 0.15) is 19.8 Å². The predicted octanol–water partition coefficient (Wildman–Crippen LogP) is 2.53. The third-order valence-electron chi connectivity index (χ3n) is 5.15. The number of halogens is 1. The first-order chi connectivity index (χ1) is 14.0. The molecule has 1 saturated heterocycles. The third-order valence-corrected chi connectivity index (χ3v) is 5.15. The Hall–Kier alpha value is -3.23. The molecule has 1 aliphatic rings. The number of hydrogen-bond donors (Lipinski definition) is 1. The number of piperidine rings is 1. The number of anilines is 2. The Balaban J connectivity index is 1.79. The first-order valence-electron chi connectivity index (χ1n) is 9.65. The Morgan fingerprint density at radius 1 is 1.38 bits per heavy atom. The number of carbonyl (C=O) groups is 1. The van der Waals surface area contributed by atoms with Crippen molar-refractivity contribution in [2.45, 2.75) is 19.8 Å². The van der Waals surface area contributed by atoms with Crippen molar-refractivity contribution in [3.05, 3.63) is 30.1 Å².